The molecule has 10 heteroatoms. The molecule has 0 bridgehead atoms. The zero-order chi connectivity index (χ0) is 20.3. The van der Waals surface area contributed by atoms with E-state index in [0.717, 1.165) is 30.2 Å². The monoisotopic (exact) mass is 400 g/mol. The van der Waals surface area contributed by atoms with Crippen LogP contribution in [0, 0.1) is 0 Å². The summed E-state index contributed by atoms with van der Waals surface area (Å²) < 4.78 is 45.7. The minimum Gasteiger partial charge on any atom is -0.370 e. The van der Waals surface area contributed by atoms with Gasteiger partial charge in [-0.15, -0.1) is 0 Å². The summed E-state index contributed by atoms with van der Waals surface area (Å²) in [5.74, 6) is -1.03. The number of anilines is 2. The fourth-order valence-electron chi connectivity index (χ4n) is 3.19. The zero-order valence-corrected chi connectivity index (χ0v) is 15.2. The maximum absolute atomic E-state index is 13.6. The van der Waals surface area contributed by atoms with Crippen molar-refractivity contribution in [1.29, 1.82) is 0 Å². The molecule has 1 aliphatic heterocycles. The number of nitrogens with two attached hydrogens (primary N) is 1. The van der Waals surface area contributed by atoms with Crippen molar-refractivity contribution in [3.8, 4) is 0 Å². The predicted molar refractivity (Wildman–Crippen MR) is 96.9 cm³/mol. The number of nitrogens with zero attached hydrogens (tertiary/aromatic N) is 1. The number of hydrogen-bond donors (Lipinski definition) is 3. The number of carbonyl (C=O) groups excluding carboxylic acids is 2. The SMILES string of the molecule is NC[C@@H](NC1CCC1)C(=O)Nc1ccc(N2CCOCC2=O)c(C(F)(F)F)c1. The molecule has 1 saturated heterocycles. The van der Waals surface area contributed by atoms with Crippen LogP contribution in [-0.4, -0.2) is 50.2 Å². The van der Waals surface area contributed by atoms with Crippen LogP contribution in [-0.2, 0) is 20.5 Å². The number of ether oxygens (including phenoxy) is 1. The first-order valence-corrected chi connectivity index (χ1v) is 9.16. The molecule has 2 amide bonds. The van der Waals surface area contributed by atoms with Crippen molar-refractivity contribution in [2.75, 3.05) is 36.5 Å². The Balaban J connectivity index is 1.80. The molecule has 28 heavy (non-hydrogen) atoms. The van der Waals surface area contributed by atoms with Crippen LogP contribution >= 0.6 is 0 Å². The first-order chi connectivity index (χ1) is 13.3. The second-order valence-corrected chi connectivity index (χ2v) is 6.90. The molecule has 1 aliphatic carbocycles. The molecule has 2 fully saturated rings. The molecule has 4 N–H and O–H groups in total. The number of halogens is 3. The molecule has 154 valence electrons. The van der Waals surface area contributed by atoms with Gasteiger partial charge in [-0.2, -0.15) is 13.2 Å². The van der Waals surface area contributed by atoms with E-state index in [0.29, 0.717) is 0 Å². The highest BCUT2D eigenvalue weighted by molar-refractivity contribution is 5.98. The molecule has 0 radical (unpaired) electrons. The van der Waals surface area contributed by atoms with Crippen LogP contribution in [0.5, 0.6) is 0 Å². The number of carbonyl (C=O) groups is 2. The van der Waals surface area contributed by atoms with Crippen LogP contribution in [0.15, 0.2) is 18.2 Å². The Bertz CT molecular complexity index is 737. The summed E-state index contributed by atoms with van der Waals surface area (Å²) >= 11 is 0. The van der Waals surface area contributed by atoms with Gasteiger partial charge in [-0.25, -0.2) is 0 Å². The first-order valence-electron chi connectivity index (χ1n) is 9.16. The van der Waals surface area contributed by atoms with Gasteiger partial charge in [0.05, 0.1) is 23.9 Å². The van der Waals surface area contributed by atoms with Gasteiger partial charge in [0.25, 0.3) is 5.91 Å². The highest BCUT2D eigenvalue weighted by Gasteiger charge is 2.37. The van der Waals surface area contributed by atoms with E-state index >= 15 is 0 Å². The lowest BCUT2D eigenvalue weighted by Gasteiger charge is -2.31. The number of amides is 2. The second-order valence-electron chi connectivity index (χ2n) is 6.90. The number of hydrogen-bond acceptors (Lipinski definition) is 5. The Morgan fingerprint density at radius 3 is 2.68 bits per heavy atom. The standard InChI is InChI=1S/C18H23F3N4O3/c19-18(20,21)13-8-12(4-5-15(13)25-6-7-28-10-16(25)26)24-17(27)14(9-22)23-11-2-1-3-11/h4-5,8,11,14,23H,1-3,6-7,9-10,22H2,(H,24,27)/t14-/m1/s1. The molecule has 1 saturated carbocycles. The molecule has 3 rings (SSSR count). The first kappa shape index (κ1) is 20.6. The number of nitrogens with one attached hydrogen (secondary N) is 2. The van der Waals surface area contributed by atoms with Gasteiger partial charge >= 0.3 is 6.18 Å². The van der Waals surface area contributed by atoms with Crippen LogP contribution in [0.2, 0.25) is 0 Å². The van der Waals surface area contributed by atoms with Crippen molar-refractivity contribution < 1.29 is 27.5 Å². The van der Waals surface area contributed by atoms with Crippen molar-refractivity contribution >= 4 is 23.2 Å². The molecule has 2 aliphatic rings. The van der Waals surface area contributed by atoms with E-state index in [2.05, 4.69) is 10.6 Å². The summed E-state index contributed by atoms with van der Waals surface area (Å²) in [6.07, 6.45) is -1.71. The summed E-state index contributed by atoms with van der Waals surface area (Å²) in [6.45, 7) is -0.0314. The van der Waals surface area contributed by atoms with Gasteiger partial charge in [-0.05, 0) is 31.0 Å². The Morgan fingerprint density at radius 2 is 2.11 bits per heavy atom. The van der Waals surface area contributed by atoms with E-state index in [4.69, 9.17) is 10.5 Å². The average Bonchev–Trinajstić information content (AvgIpc) is 2.61. The maximum atomic E-state index is 13.6. The van der Waals surface area contributed by atoms with E-state index in [9.17, 15) is 22.8 Å². The summed E-state index contributed by atoms with van der Waals surface area (Å²) in [4.78, 5) is 25.4. The molecule has 0 unspecified atom stereocenters. The van der Waals surface area contributed by atoms with Gasteiger partial charge in [0.15, 0.2) is 0 Å². The van der Waals surface area contributed by atoms with Gasteiger partial charge < -0.3 is 26.0 Å². The summed E-state index contributed by atoms with van der Waals surface area (Å²) in [6, 6.07) is 2.91. The molecule has 7 nitrogen and oxygen atoms in total. The number of morpholine rings is 1. The Kier molecular flexibility index (Phi) is 6.21. The molecular formula is C18H23F3N4O3. The van der Waals surface area contributed by atoms with Gasteiger partial charge in [-0.3, -0.25) is 9.59 Å². The van der Waals surface area contributed by atoms with Crippen molar-refractivity contribution in [3.63, 3.8) is 0 Å². The Labute approximate surface area is 160 Å². The van der Waals surface area contributed by atoms with Gasteiger partial charge in [-0.1, -0.05) is 6.42 Å². The molecular weight excluding hydrogens is 377 g/mol. The van der Waals surface area contributed by atoms with E-state index in [1.807, 2.05) is 0 Å². The fraction of sp³-hybridized carbons (Fsp3) is 0.556. The minimum atomic E-state index is -4.69. The lowest BCUT2D eigenvalue weighted by Crippen LogP contribution is -2.52. The predicted octanol–water partition coefficient (Wildman–Crippen LogP) is 1.48. The number of benzene rings is 1. The lowest BCUT2D eigenvalue weighted by atomic mass is 9.92. The van der Waals surface area contributed by atoms with Crippen molar-refractivity contribution in [2.24, 2.45) is 5.73 Å². The van der Waals surface area contributed by atoms with Crippen LogP contribution in [0.1, 0.15) is 24.8 Å². The number of rotatable bonds is 6. The van der Waals surface area contributed by atoms with Gasteiger partial charge in [0.2, 0.25) is 5.91 Å². The topological polar surface area (TPSA) is 96.7 Å². The van der Waals surface area contributed by atoms with Crippen molar-refractivity contribution in [3.05, 3.63) is 23.8 Å². The summed E-state index contributed by atoms with van der Waals surface area (Å²) in [5, 5.41) is 5.60. The van der Waals surface area contributed by atoms with Crippen molar-refractivity contribution in [1.82, 2.24) is 5.32 Å². The van der Waals surface area contributed by atoms with Crippen LogP contribution in [0.25, 0.3) is 0 Å². The van der Waals surface area contributed by atoms with Crippen LogP contribution < -0.4 is 21.3 Å². The second kappa shape index (κ2) is 8.46. The van der Waals surface area contributed by atoms with E-state index in [1.165, 1.54) is 12.1 Å². The maximum Gasteiger partial charge on any atom is 0.418 e. The molecule has 1 heterocycles. The molecule has 0 aromatic heterocycles. The summed E-state index contributed by atoms with van der Waals surface area (Å²) in [7, 11) is 0. The van der Waals surface area contributed by atoms with Gasteiger partial charge in [0.1, 0.15) is 6.61 Å². The quantitative estimate of drug-likeness (QED) is 0.672. The van der Waals surface area contributed by atoms with Crippen LogP contribution in [0.4, 0.5) is 24.5 Å². The van der Waals surface area contributed by atoms with Crippen molar-refractivity contribution in [2.45, 2.75) is 37.5 Å². The van der Waals surface area contributed by atoms with E-state index in [1.54, 1.807) is 0 Å². The van der Waals surface area contributed by atoms with E-state index in [-0.39, 0.29) is 43.7 Å². The van der Waals surface area contributed by atoms with Crippen LogP contribution in [0.3, 0.4) is 0 Å². The third-order valence-electron chi connectivity index (χ3n) is 4.94. The zero-order valence-electron chi connectivity index (χ0n) is 15.2. The largest absolute Gasteiger partial charge is 0.418 e. The average molecular weight is 400 g/mol. The Hall–Kier alpha value is -2.17. The normalized spacial score (nSPS) is 19.3. The highest BCUT2D eigenvalue weighted by atomic mass is 19.4. The third kappa shape index (κ3) is 4.62. The lowest BCUT2D eigenvalue weighted by molar-refractivity contribution is -0.137. The summed E-state index contributed by atoms with van der Waals surface area (Å²) in [5.41, 5.74) is 4.39. The molecule has 1 aromatic rings. The van der Waals surface area contributed by atoms with E-state index < -0.39 is 29.6 Å². The third-order valence-corrected chi connectivity index (χ3v) is 4.94. The Morgan fingerprint density at radius 1 is 1.36 bits per heavy atom. The smallest absolute Gasteiger partial charge is 0.370 e. The van der Waals surface area contributed by atoms with Gasteiger partial charge in [0, 0.05) is 24.8 Å². The fourth-order valence-corrected chi connectivity index (χ4v) is 3.19. The molecule has 0 spiro atoms. The number of alkyl halides is 3. The molecule has 1 atom stereocenters. The minimum absolute atomic E-state index is 0.00403. The highest BCUT2D eigenvalue weighted by Crippen LogP contribution is 2.38. The molecule has 1 aromatic carbocycles.